The number of carbonyl (C=O) groups excluding carboxylic acids is 2. The van der Waals surface area contributed by atoms with Crippen LogP contribution >= 0.6 is 11.8 Å². The molecule has 0 aromatic heterocycles. The molecule has 1 fully saturated rings. The second-order valence-electron chi connectivity index (χ2n) is 6.34. The molecular formula is C18H24N2O5S. The summed E-state index contributed by atoms with van der Waals surface area (Å²) in [7, 11) is 0. The van der Waals surface area contributed by atoms with Gasteiger partial charge in [-0.05, 0) is 30.6 Å². The van der Waals surface area contributed by atoms with Crippen LogP contribution in [0.5, 0.6) is 0 Å². The van der Waals surface area contributed by atoms with Crippen molar-refractivity contribution in [3.63, 3.8) is 0 Å². The number of aliphatic hydroxyl groups is 1. The maximum atomic E-state index is 12.8. The van der Waals surface area contributed by atoms with Crippen LogP contribution in [0.4, 0.5) is 0 Å². The van der Waals surface area contributed by atoms with Crippen molar-refractivity contribution in [2.45, 2.75) is 30.9 Å². The van der Waals surface area contributed by atoms with Crippen LogP contribution in [0.15, 0.2) is 30.3 Å². The summed E-state index contributed by atoms with van der Waals surface area (Å²) >= 11 is 1.58. The Hall–Kier alpha value is -2.06. The number of aliphatic carboxylic acids is 1. The lowest BCUT2D eigenvalue weighted by Gasteiger charge is -2.37. The number of rotatable bonds is 7. The van der Waals surface area contributed by atoms with Crippen molar-refractivity contribution >= 4 is 29.5 Å². The molecule has 142 valence electrons. The number of benzene rings is 1. The minimum absolute atomic E-state index is 0.0179. The summed E-state index contributed by atoms with van der Waals surface area (Å²) in [6, 6.07) is 8.00. The van der Waals surface area contributed by atoms with Crippen LogP contribution in [-0.2, 0) is 9.59 Å². The highest BCUT2D eigenvalue weighted by molar-refractivity contribution is 7.98. The number of piperidine rings is 1. The number of thioether (sulfide) groups is 1. The zero-order valence-electron chi connectivity index (χ0n) is 14.7. The second kappa shape index (κ2) is 9.05. The molecule has 0 saturated carbocycles. The van der Waals surface area contributed by atoms with Crippen molar-refractivity contribution < 1.29 is 24.6 Å². The maximum Gasteiger partial charge on any atom is 0.335 e. The van der Waals surface area contributed by atoms with E-state index >= 15 is 0 Å². The molecule has 2 rings (SSSR count). The van der Waals surface area contributed by atoms with E-state index in [1.807, 2.05) is 12.3 Å². The van der Waals surface area contributed by atoms with Crippen LogP contribution in [0.25, 0.3) is 0 Å². The first-order chi connectivity index (χ1) is 12.4. The van der Waals surface area contributed by atoms with E-state index < -0.39 is 17.6 Å². The molecule has 1 unspecified atom stereocenters. The molecule has 0 radical (unpaired) electrons. The molecule has 1 aromatic rings. The SMILES string of the molecule is CSCCC(NC(=O)c1ccccc1)C(=O)N1CCC(O)(C(=O)O)CC1. The molecular weight excluding hydrogens is 356 g/mol. The van der Waals surface area contributed by atoms with Gasteiger partial charge in [0, 0.05) is 31.5 Å². The molecule has 7 nitrogen and oxygen atoms in total. The van der Waals surface area contributed by atoms with Crippen molar-refractivity contribution in [2.75, 3.05) is 25.1 Å². The molecule has 1 atom stereocenters. The van der Waals surface area contributed by atoms with E-state index in [1.54, 1.807) is 36.0 Å². The van der Waals surface area contributed by atoms with Crippen LogP contribution < -0.4 is 5.32 Å². The van der Waals surface area contributed by atoms with E-state index in [0.29, 0.717) is 17.7 Å². The zero-order valence-corrected chi connectivity index (χ0v) is 15.5. The van der Waals surface area contributed by atoms with Gasteiger partial charge in [-0.25, -0.2) is 4.79 Å². The van der Waals surface area contributed by atoms with Gasteiger partial charge in [-0.15, -0.1) is 0 Å². The van der Waals surface area contributed by atoms with Crippen molar-refractivity contribution in [1.82, 2.24) is 10.2 Å². The Morgan fingerprint density at radius 3 is 2.38 bits per heavy atom. The van der Waals surface area contributed by atoms with E-state index in [-0.39, 0.29) is 37.7 Å². The summed E-state index contributed by atoms with van der Waals surface area (Å²) in [5.41, 5.74) is -1.30. The van der Waals surface area contributed by atoms with Crippen molar-refractivity contribution in [3.05, 3.63) is 35.9 Å². The summed E-state index contributed by atoms with van der Waals surface area (Å²) in [4.78, 5) is 37.9. The Bertz CT molecular complexity index is 644. The van der Waals surface area contributed by atoms with Gasteiger partial charge in [0.25, 0.3) is 5.91 Å². The fraction of sp³-hybridized carbons (Fsp3) is 0.500. The maximum absolute atomic E-state index is 12.8. The first-order valence-corrected chi connectivity index (χ1v) is 9.86. The van der Waals surface area contributed by atoms with E-state index in [1.165, 1.54) is 4.90 Å². The Kier molecular flexibility index (Phi) is 7.05. The van der Waals surface area contributed by atoms with Gasteiger partial charge in [0.1, 0.15) is 6.04 Å². The van der Waals surface area contributed by atoms with Crippen LogP contribution in [0.3, 0.4) is 0 Å². The average Bonchev–Trinajstić information content (AvgIpc) is 2.65. The number of carbonyl (C=O) groups is 3. The third kappa shape index (κ3) is 4.98. The van der Waals surface area contributed by atoms with E-state index in [0.717, 1.165) is 0 Å². The minimum atomic E-state index is -1.78. The van der Waals surface area contributed by atoms with Gasteiger partial charge in [0.2, 0.25) is 5.91 Å². The molecule has 1 aliphatic heterocycles. The fourth-order valence-electron chi connectivity index (χ4n) is 2.86. The van der Waals surface area contributed by atoms with Gasteiger partial charge in [-0.3, -0.25) is 9.59 Å². The van der Waals surface area contributed by atoms with Gasteiger partial charge in [0.15, 0.2) is 5.60 Å². The first kappa shape index (κ1) is 20.3. The molecule has 2 amide bonds. The quantitative estimate of drug-likeness (QED) is 0.651. The number of hydrogen-bond acceptors (Lipinski definition) is 5. The molecule has 8 heteroatoms. The predicted octanol–water partition coefficient (Wildman–Crippen LogP) is 0.976. The predicted molar refractivity (Wildman–Crippen MR) is 99.1 cm³/mol. The number of nitrogens with one attached hydrogen (secondary N) is 1. The van der Waals surface area contributed by atoms with Crippen LogP contribution in [0.1, 0.15) is 29.6 Å². The lowest BCUT2D eigenvalue weighted by molar-refractivity contribution is -0.165. The highest BCUT2D eigenvalue weighted by atomic mass is 32.2. The third-order valence-corrected chi connectivity index (χ3v) is 5.19. The normalized spacial score (nSPS) is 17.4. The highest BCUT2D eigenvalue weighted by Gasteiger charge is 2.41. The Morgan fingerprint density at radius 1 is 1.23 bits per heavy atom. The number of amides is 2. The van der Waals surface area contributed by atoms with Gasteiger partial charge in [0.05, 0.1) is 0 Å². The third-order valence-electron chi connectivity index (χ3n) is 4.55. The van der Waals surface area contributed by atoms with E-state index in [4.69, 9.17) is 5.11 Å². The molecule has 0 spiro atoms. The number of likely N-dealkylation sites (tertiary alicyclic amines) is 1. The first-order valence-electron chi connectivity index (χ1n) is 8.47. The van der Waals surface area contributed by atoms with Crippen LogP contribution in [-0.4, -0.2) is 69.6 Å². The van der Waals surface area contributed by atoms with Crippen molar-refractivity contribution in [1.29, 1.82) is 0 Å². The van der Waals surface area contributed by atoms with Crippen molar-refractivity contribution in [3.8, 4) is 0 Å². The number of carboxylic acids is 1. The molecule has 1 aromatic carbocycles. The van der Waals surface area contributed by atoms with E-state index in [9.17, 15) is 19.5 Å². The van der Waals surface area contributed by atoms with Gasteiger partial charge >= 0.3 is 5.97 Å². The van der Waals surface area contributed by atoms with Gasteiger partial charge in [-0.2, -0.15) is 11.8 Å². The molecule has 26 heavy (non-hydrogen) atoms. The standard InChI is InChI=1S/C18H24N2O5S/c1-26-12-7-14(19-15(21)13-5-3-2-4-6-13)16(22)20-10-8-18(25,9-11-20)17(23)24/h2-6,14,25H,7-12H2,1H3,(H,19,21)(H,23,24). The van der Waals surface area contributed by atoms with Crippen molar-refractivity contribution in [2.24, 2.45) is 0 Å². The summed E-state index contributed by atoms with van der Waals surface area (Å²) in [6.45, 7) is 0.303. The number of nitrogens with zero attached hydrogens (tertiary/aromatic N) is 1. The molecule has 0 bridgehead atoms. The molecule has 1 heterocycles. The molecule has 3 N–H and O–H groups in total. The monoisotopic (exact) mass is 380 g/mol. The zero-order chi connectivity index (χ0) is 19.2. The van der Waals surface area contributed by atoms with Crippen LogP contribution in [0.2, 0.25) is 0 Å². The Morgan fingerprint density at radius 2 is 1.85 bits per heavy atom. The number of carboxylic acid groups (broad SMARTS) is 1. The fourth-order valence-corrected chi connectivity index (χ4v) is 3.33. The number of hydrogen-bond donors (Lipinski definition) is 3. The smallest absolute Gasteiger partial charge is 0.335 e. The van der Waals surface area contributed by atoms with Gasteiger partial charge < -0.3 is 20.4 Å². The van der Waals surface area contributed by atoms with Crippen LogP contribution in [0, 0.1) is 0 Å². The Balaban J connectivity index is 2.03. The largest absolute Gasteiger partial charge is 0.479 e. The topological polar surface area (TPSA) is 107 Å². The van der Waals surface area contributed by atoms with E-state index in [2.05, 4.69) is 5.32 Å². The molecule has 1 saturated heterocycles. The lowest BCUT2D eigenvalue weighted by Crippen LogP contribution is -2.55. The van der Waals surface area contributed by atoms with Gasteiger partial charge in [-0.1, -0.05) is 18.2 Å². The summed E-state index contributed by atoms with van der Waals surface area (Å²) in [6.07, 6.45) is 2.37. The minimum Gasteiger partial charge on any atom is -0.479 e. The summed E-state index contributed by atoms with van der Waals surface area (Å²) in [5, 5.41) is 21.9. The second-order valence-corrected chi connectivity index (χ2v) is 7.32. The summed E-state index contributed by atoms with van der Waals surface area (Å²) < 4.78 is 0. The average molecular weight is 380 g/mol. The lowest BCUT2D eigenvalue weighted by atomic mass is 9.91. The highest BCUT2D eigenvalue weighted by Crippen LogP contribution is 2.23. The summed E-state index contributed by atoms with van der Waals surface area (Å²) in [5.74, 6) is -1.11. The molecule has 1 aliphatic rings. The molecule has 0 aliphatic carbocycles. The Labute approximate surface area is 156 Å².